The topological polar surface area (TPSA) is 63.2 Å². The molecule has 5 nitrogen and oxygen atoms in total. The molecule has 0 radical (unpaired) electrons. The zero-order valence-corrected chi connectivity index (χ0v) is 17.3. The van der Waals surface area contributed by atoms with Gasteiger partial charge < -0.3 is 10.1 Å². The third-order valence-electron chi connectivity index (χ3n) is 4.35. The van der Waals surface area contributed by atoms with Crippen molar-refractivity contribution in [3.05, 3.63) is 84.9 Å². The number of amides is 2. The summed E-state index contributed by atoms with van der Waals surface area (Å²) in [6.45, 7) is 2.53. The second-order valence-electron chi connectivity index (χ2n) is 6.47. The lowest BCUT2D eigenvalue weighted by molar-refractivity contribution is 0.262. The summed E-state index contributed by atoms with van der Waals surface area (Å²) < 4.78 is 5.42. The summed E-state index contributed by atoms with van der Waals surface area (Å²) in [6, 6.07) is 26.9. The van der Waals surface area contributed by atoms with E-state index in [0.717, 1.165) is 27.4 Å². The van der Waals surface area contributed by atoms with Gasteiger partial charge in [-0.2, -0.15) is 0 Å². The molecule has 1 heterocycles. The van der Waals surface area contributed by atoms with Crippen molar-refractivity contribution >= 4 is 28.2 Å². The molecule has 3 aromatic carbocycles. The summed E-state index contributed by atoms with van der Waals surface area (Å²) in [5, 5.41) is 6.22. The third kappa shape index (κ3) is 4.67. The van der Waals surface area contributed by atoms with Crippen LogP contribution in [0.25, 0.3) is 21.7 Å². The second-order valence-corrected chi connectivity index (χ2v) is 7.46. The van der Waals surface area contributed by atoms with Gasteiger partial charge in [0.05, 0.1) is 17.2 Å². The monoisotopic (exact) mass is 415 g/mol. The van der Waals surface area contributed by atoms with Crippen LogP contribution in [0.4, 0.5) is 15.6 Å². The predicted molar refractivity (Wildman–Crippen MR) is 123 cm³/mol. The lowest BCUT2D eigenvalue weighted by Crippen LogP contribution is -2.19. The first-order valence-electron chi connectivity index (χ1n) is 9.65. The van der Waals surface area contributed by atoms with Gasteiger partial charge in [-0.05, 0) is 36.8 Å². The number of aromatic nitrogens is 1. The molecule has 4 aromatic rings. The summed E-state index contributed by atoms with van der Waals surface area (Å²) >= 11 is 1.45. The van der Waals surface area contributed by atoms with Crippen molar-refractivity contribution in [2.45, 2.75) is 6.92 Å². The first-order valence-corrected chi connectivity index (χ1v) is 10.5. The zero-order chi connectivity index (χ0) is 20.8. The highest BCUT2D eigenvalue weighted by Crippen LogP contribution is 2.38. The van der Waals surface area contributed by atoms with Gasteiger partial charge >= 0.3 is 6.03 Å². The Balaban J connectivity index is 1.55. The maximum atomic E-state index is 12.5. The Labute approximate surface area is 179 Å². The average Bonchev–Trinajstić information content (AvgIpc) is 3.20. The summed E-state index contributed by atoms with van der Waals surface area (Å²) in [7, 11) is 0. The molecule has 30 heavy (non-hydrogen) atoms. The van der Waals surface area contributed by atoms with Gasteiger partial charge in [-0.3, -0.25) is 5.32 Å². The molecule has 0 fully saturated rings. The number of anilines is 2. The van der Waals surface area contributed by atoms with E-state index in [1.807, 2.05) is 79.7 Å². The molecule has 4 rings (SSSR count). The van der Waals surface area contributed by atoms with Crippen LogP contribution in [-0.4, -0.2) is 17.6 Å². The van der Waals surface area contributed by atoms with E-state index in [1.165, 1.54) is 11.3 Å². The molecule has 1 aromatic heterocycles. The van der Waals surface area contributed by atoms with Crippen LogP contribution in [0.1, 0.15) is 6.92 Å². The predicted octanol–water partition coefficient (Wildman–Crippen LogP) is 6.52. The van der Waals surface area contributed by atoms with E-state index in [0.29, 0.717) is 17.4 Å². The van der Waals surface area contributed by atoms with Gasteiger partial charge in [0.15, 0.2) is 5.13 Å². The van der Waals surface area contributed by atoms with Crippen molar-refractivity contribution in [3.8, 4) is 27.4 Å². The number of carbonyl (C=O) groups is 1. The van der Waals surface area contributed by atoms with Gasteiger partial charge in [-0.1, -0.05) is 72.0 Å². The first kappa shape index (κ1) is 19.7. The molecule has 0 atom stereocenters. The Kier molecular flexibility index (Phi) is 6.06. The average molecular weight is 416 g/mol. The standard InChI is InChI=1S/C24H21N3O2S/c1-2-29-20-15-13-19(14-16-20)25-23(28)27-24-26-21(17-9-5-3-6-10-17)22(30-24)18-11-7-4-8-12-18/h3-16H,2H2,1H3,(H2,25,26,27,28). The molecule has 2 amide bonds. The number of thiazole rings is 1. The molecule has 150 valence electrons. The van der Waals surface area contributed by atoms with Gasteiger partial charge in [0.2, 0.25) is 0 Å². The fourth-order valence-corrected chi connectivity index (χ4v) is 4.00. The van der Waals surface area contributed by atoms with Crippen molar-refractivity contribution < 1.29 is 9.53 Å². The van der Waals surface area contributed by atoms with E-state index in [9.17, 15) is 4.79 Å². The highest BCUT2D eigenvalue weighted by atomic mass is 32.1. The molecular formula is C24H21N3O2S. The number of hydrogen-bond donors (Lipinski definition) is 2. The number of hydrogen-bond acceptors (Lipinski definition) is 4. The van der Waals surface area contributed by atoms with Crippen LogP contribution >= 0.6 is 11.3 Å². The summed E-state index contributed by atoms with van der Waals surface area (Å²) in [4.78, 5) is 18.2. The van der Waals surface area contributed by atoms with E-state index in [1.54, 1.807) is 12.1 Å². The van der Waals surface area contributed by atoms with Crippen molar-refractivity contribution in [3.63, 3.8) is 0 Å². The number of benzene rings is 3. The normalized spacial score (nSPS) is 10.4. The highest BCUT2D eigenvalue weighted by molar-refractivity contribution is 7.19. The van der Waals surface area contributed by atoms with Crippen molar-refractivity contribution in [1.82, 2.24) is 4.98 Å². The van der Waals surface area contributed by atoms with Gasteiger partial charge in [0.25, 0.3) is 0 Å². The minimum absolute atomic E-state index is 0.341. The van der Waals surface area contributed by atoms with Crippen molar-refractivity contribution in [2.75, 3.05) is 17.2 Å². The zero-order valence-electron chi connectivity index (χ0n) is 16.5. The Morgan fingerprint density at radius 2 is 1.50 bits per heavy atom. The fraction of sp³-hybridized carbons (Fsp3) is 0.0833. The van der Waals surface area contributed by atoms with Crippen molar-refractivity contribution in [1.29, 1.82) is 0 Å². The van der Waals surface area contributed by atoms with E-state index in [2.05, 4.69) is 10.6 Å². The molecule has 6 heteroatoms. The molecule has 0 saturated carbocycles. The van der Waals surface area contributed by atoms with Crippen LogP contribution in [0.2, 0.25) is 0 Å². The molecule has 2 N–H and O–H groups in total. The molecule has 0 unspecified atom stereocenters. The Bertz CT molecular complexity index is 1050. The summed E-state index contributed by atoms with van der Waals surface area (Å²) in [5.41, 5.74) is 3.60. The van der Waals surface area contributed by atoms with Gasteiger partial charge in [0, 0.05) is 11.3 Å². The highest BCUT2D eigenvalue weighted by Gasteiger charge is 2.16. The maximum Gasteiger partial charge on any atom is 0.325 e. The number of urea groups is 1. The number of carbonyl (C=O) groups excluding carboxylic acids is 1. The molecule has 0 aliphatic carbocycles. The van der Waals surface area contributed by atoms with E-state index < -0.39 is 0 Å². The van der Waals surface area contributed by atoms with Gasteiger partial charge in [-0.15, -0.1) is 0 Å². The van der Waals surface area contributed by atoms with Crippen LogP contribution < -0.4 is 15.4 Å². The minimum Gasteiger partial charge on any atom is -0.494 e. The number of rotatable bonds is 6. The van der Waals surface area contributed by atoms with Crippen LogP contribution in [0.15, 0.2) is 84.9 Å². The van der Waals surface area contributed by atoms with E-state index in [-0.39, 0.29) is 6.03 Å². The molecule has 0 aliphatic rings. The Hall–Kier alpha value is -3.64. The summed E-state index contributed by atoms with van der Waals surface area (Å²) in [5.74, 6) is 0.767. The molecule has 0 saturated heterocycles. The van der Waals surface area contributed by atoms with E-state index >= 15 is 0 Å². The Morgan fingerprint density at radius 1 is 0.867 bits per heavy atom. The van der Waals surface area contributed by atoms with Crippen LogP contribution in [-0.2, 0) is 0 Å². The summed E-state index contributed by atoms with van der Waals surface area (Å²) in [6.07, 6.45) is 0. The van der Waals surface area contributed by atoms with Crippen LogP contribution in [0.3, 0.4) is 0 Å². The van der Waals surface area contributed by atoms with Crippen LogP contribution in [0.5, 0.6) is 5.75 Å². The lowest BCUT2D eigenvalue weighted by atomic mass is 10.1. The molecule has 0 aliphatic heterocycles. The molecule has 0 bridgehead atoms. The van der Waals surface area contributed by atoms with Gasteiger partial charge in [-0.25, -0.2) is 9.78 Å². The van der Waals surface area contributed by atoms with E-state index in [4.69, 9.17) is 9.72 Å². The number of ether oxygens (including phenoxy) is 1. The fourth-order valence-electron chi connectivity index (χ4n) is 3.01. The largest absolute Gasteiger partial charge is 0.494 e. The Morgan fingerprint density at radius 3 is 2.13 bits per heavy atom. The minimum atomic E-state index is -0.341. The SMILES string of the molecule is CCOc1ccc(NC(=O)Nc2nc(-c3ccccc3)c(-c3ccccc3)s2)cc1. The van der Waals surface area contributed by atoms with Crippen LogP contribution in [0, 0.1) is 0 Å². The van der Waals surface area contributed by atoms with Gasteiger partial charge in [0.1, 0.15) is 5.75 Å². The lowest BCUT2D eigenvalue weighted by Gasteiger charge is -2.07. The number of nitrogens with zero attached hydrogens (tertiary/aromatic N) is 1. The molecule has 0 spiro atoms. The maximum absolute atomic E-state index is 12.5. The molecular weight excluding hydrogens is 394 g/mol. The third-order valence-corrected chi connectivity index (χ3v) is 5.37. The first-order chi connectivity index (χ1) is 14.7. The number of nitrogens with one attached hydrogen (secondary N) is 2. The second kappa shape index (κ2) is 9.24. The quantitative estimate of drug-likeness (QED) is 0.377. The smallest absolute Gasteiger partial charge is 0.325 e. The van der Waals surface area contributed by atoms with Crippen molar-refractivity contribution in [2.24, 2.45) is 0 Å².